The SMILES string of the molecule is Cc1ccc(C(=O)N2CCC(N(CCN3CCCC3)S(=O)(=O)N(C)C)C2)cn1. The Bertz CT molecular complexity index is 775. The Kier molecular flexibility index (Phi) is 6.69. The number of pyridine rings is 1. The van der Waals surface area contributed by atoms with Gasteiger partial charge in [-0.25, -0.2) is 0 Å². The molecule has 1 aromatic rings. The van der Waals surface area contributed by atoms with Crippen LogP contribution in [0.4, 0.5) is 0 Å². The van der Waals surface area contributed by atoms with Crippen molar-refractivity contribution in [2.75, 3.05) is 53.4 Å². The van der Waals surface area contributed by atoms with Crippen LogP contribution >= 0.6 is 0 Å². The molecular weight excluding hydrogens is 378 g/mol. The summed E-state index contributed by atoms with van der Waals surface area (Å²) in [5.41, 5.74) is 1.41. The number of nitrogens with zero attached hydrogens (tertiary/aromatic N) is 5. The monoisotopic (exact) mass is 409 g/mol. The summed E-state index contributed by atoms with van der Waals surface area (Å²) in [7, 11) is -0.417. The van der Waals surface area contributed by atoms with Gasteiger partial charge in [-0.3, -0.25) is 9.78 Å². The summed E-state index contributed by atoms with van der Waals surface area (Å²) in [5, 5.41) is 0. The summed E-state index contributed by atoms with van der Waals surface area (Å²) in [5.74, 6) is -0.0863. The summed E-state index contributed by atoms with van der Waals surface area (Å²) in [6.07, 6.45) is 4.60. The minimum atomic E-state index is -3.54. The summed E-state index contributed by atoms with van der Waals surface area (Å²) in [6.45, 7) is 6.11. The zero-order chi connectivity index (χ0) is 20.3. The Morgan fingerprint density at radius 3 is 2.54 bits per heavy atom. The molecule has 2 saturated heterocycles. The van der Waals surface area contributed by atoms with Crippen LogP contribution in [0.3, 0.4) is 0 Å². The van der Waals surface area contributed by atoms with E-state index >= 15 is 0 Å². The van der Waals surface area contributed by atoms with Crippen molar-refractivity contribution in [1.82, 2.24) is 23.4 Å². The van der Waals surface area contributed by atoms with Gasteiger partial charge in [0.25, 0.3) is 16.1 Å². The molecule has 0 N–H and O–H groups in total. The number of aryl methyl sites for hydroxylation is 1. The first-order valence-electron chi connectivity index (χ1n) is 9.92. The van der Waals surface area contributed by atoms with Crippen molar-refractivity contribution in [2.24, 2.45) is 0 Å². The fourth-order valence-electron chi connectivity index (χ4n) is 3.88. The topological polar surface area (TPSA) is 77.1 Å². The van der Waals surface area contributed by atoms with Crippen LogP contribution in [0.15, 0.2) is 18.3 Å². The summed E-state index contributed by atoms with van der Waals surface area (Å²) >= 11 is 0. The predicted molar refractivity (Wildman–Crippen MR) is 108 cm³/mol. The molecule has 1 unspecified atom stereocenters. The number of carbonyl (C=O) groups excluding carboxylic acids is 1. The van der Waals surface area contributed by atoms with Crippen molar-refractivity contribution in [3.8, 4) is 0 Å². The molecule has 28 heavy (non-hydrogen) atoms. The lowest BCUT2D eigenvalue weighted by Crippen LogP contribution is -2.50. The number of likely N-dealkylation sites (tertiary alicyclic amines) is 2. The van der Waals surface area contributed by atoms with E-state index in [0.717, 1.165) is 25.3 Å². The second kappa shape index (κ2) is 8.86. The lowest BCUT2D eigenvalue weighted by molar-refractivity contribution is 0.0783. The van der Waals surface area contributed by atoms with Crippen molar-refractivity contribution in [3.63, 3.8) is 0 Å². The summed E-state index contributed by atoms with van der Waals surface area (Å²) in [4.78, 5) is 21.0. The van der Waals surface area contributed by atoms with E-state index in [9.17, 15) is 13.2 Å². The van der Waals surface area contributed by atoms with Crippen LogP contribution in [0.2, 0.25) is 0 Å². The Morgan fingerprint density at radius 2 is 1.93 bits per heavy atom. The van der Waals surface area contributed by atoms with E-state index < -0.39 is 10.2 Å². The third kappa shape index (κ3) is 4.71. The first-order valence-corrected chi connectivity index (χ1v) is 11.3. The molecule has 2 aliphatic heterocycles. The standard InChI is InChI=1S/C19H31N5O3S/c1-16-6-7-17(14-20-16)19(25)23-11-8-18(15-23)24(28(26,27)21(2)3)13-12-22-9-4-5-10-22/h6-7,14,18H,4-5,8-13,15H2,1-3H3. The normalized spacial score (nSPS) is 21.2. The molecule has 8 nitrogen and oxygen atoms in total. The van der Waals surface area contributed by atoms with Gasteiger partial charge in [0.2, 0.25) is 0 Å². The molecule has 9 heteroatoms. The Morgan fingerprint density at radius 1 is 1.21 bits per heavy atom. The molecule has 1 aromatic heterocycles. The van der Waals surface area contributed by atoms with E-state index in [1.165, 1.54) is 17.1 Å². The highest BCUT2D eigenvalue weighted by Crippen LogP contribution is 2.22. The van der Waals surface area contributed by atoms with Crippen molar-refractivity contribution in [1.29, 1.82) is 0 Å². The zero-order valence-electron chi connectivity index (χ0n) is 17.0. The summed E-state index contributed by atoms with van der Waals surface area (Å²) < 4.78 is 28.7. The molecule has 0 saturated carbocycles. The maximum absolute atomic E-state index is 12.9. The van der Waals surface area contributed by atoms with Crippen LogP contribution < -0.4 is 0 Å². The first kappa shape index (κ1) is 21.2. The minimum absolute atomic E-state index is 0.0863. The van der Waals surface area contributed by atoms with Gasteiger partial charge >= 0.3 is 0 Å². The number of amides is 1. The molecule has 2 fully saturated rings. The predicted octanol–water partition coefficient (Wildman–Crippen LogP) is 0.809. The van der Waals surface area contributed by atoms with Crippen LogP contribution in [0, 0.1) is 6.92 Å². The molecule has 1 amide bonds. The first-order chi connectivity index (χ1) is 13.3. The van der Waals surface area contributed by atoms with E-state index in [1.807, 2.05) is 13.0 Å². The second-order valence-electron chi connectivity index (χ2n) is 7.83. The molecular formula is C19H31N5O3S. The average Bonchev–Trinajstić information content (AvgIpc) is 3.34. The van der Waals surface area contributed by atoms with Crippen LogP contribution in [0.25, 0.3) is 0 Å². The molecule has 0 aromatic carbocycles. The average molecular weight is 410 g/mol. The molecule has 3 heterocycles. The molecule has 1 atom stereocenters. The molecule has 0 aliphatic carbocycles. The fourth-order valence-corrected chi connectivity index (χ4v) is 5.16. The van der Waals surface area contributed by atoms with Crippen LogP contribution in [0.5, 0.6) is 0 Å². The van der Waals surface area contributed by atoms with Gasteiger partial charge in [-0.1, -0.05) is 0 Å². The van der Waals surface area contributed by atoms with E-state index in [4.69, 9.17) is 0 Å². The van der Waals surface area contributed by atoms with Gasteiger partial charge in [0.05, 0.1) is 5.56 Å². The second-order valence-corrected chi connectivity index (χ2v) is 9.93. The van der Waals surface area contributed by atoms with Crippen LogP contribution in [-0.2, 0) is 10.2 Å². The number of rotatable bonds is 7. The molecule has 0 spiro atoms. The van der Waals surface area contributed by atoms with Gasteiger partial charge < -0.3 is 9.80 Å². The molecule has 0 radical (unpaired) electrons. The quantitative estimate of drug-likeness (QED) is 0.666. The van der Waals surface area contributed by atoms with Gasteiger partial charge in [0, 0.05) is 58.2 Å². The number of hydrogen-bond acceptors (Lipinski definition) is 5. The zero-order valence-corrected chi connectivity index (χ0v) is 17.9. The molecule has 3 rings (SSSR count). The lowest BCUT2D eigenvalue weighted by atomic mass is 10.2. The molecule has 156 valence electrons. The number of aromatic nitrogens is 1. The minimum Gasteiger partial charge on any atom is -0.337 e. The number of carbonyl (C=O) groups is 1. The van der Waals surface area contributed by atoms with Gasteiger partial charge in [-0.2, -0.15) is 17.0 Å². The Hall–Kier alpha value is -1.55. The smallest absolute Gasteiger partial charge is 0.281 e. The molecule has 0 bridgehead atoms. The largest absolute Gasteiger partial charge is 0.337 e. The van der Waals surface area contributed by atoms with Gasteiger partial charge in [-0.15, -0.1) is 0 Å². The third-order valence-corrected chi connectivity index (χ3v) is 7.61. The van der Waals surface area contributed by atoms with Crippen LogP contribution in [0.1, 0.15) is 35.3 Å². The number of hydrogen-bond donors (Lipinski definition) is 0. The van der Waals surface area contributed by atoms with Crippen molar-refractivity contribution in [2.45, 2.75) is 32.2 Å². The van der Waals surface area contributed by atoms with Gasteiger partial charge in [0.15, 0.2) is 0 Å². The van der Waals surface area contributed by atoms with Crippen LogP contribution in [-0.4, -0.2) is 97.1 Å². The van der Waals surface area contributed by atoms with Crippen molar-refractivity contribution < 1.29 is 13.2 Å². The highest BCUT2D eigenvalue weighted by Gasteiger charge is 2.38. The lowest BCUT2D eigenvalue weighted by Gasteiger charge is -2.32. The Balaban J connectivity index is 1.70. The highest BCUT2D eigenvalue weighted by atomic mass is 32.2. The maximum Gasteiger partial charge on any atom is 0.281 e. The fraction of sp³-hybridized carbons (Fsp3) is 0.684. The van der Waals surface area contributed by atoms with E-state index in [2.05, 4.69) is 9.88 Å². The Labute approximate surface area is 168 Å². The van der Waals surface area contributed by atoms with Gasteiger partial charge in [-0.05, 0) is 51.4 Å². The van der Waals surface area contributed by atoms with E-state index in [1.54, 1.807) is 35.6 Å². The van der Waals surface area contributed by atoms with E-state index in [-0.39, 0.29) is 11.9 Å². The summed E-state index contributed by atoms with van der Waals surface area (Å²) in [6, 6.07) is 3.40. The maximum atomic E-state index is 12.9. The van der Waals surface area contributed by atoms with E-state index in [0.29, 0.717) is 31.6 Å². The third-order valence-electron chi connectivity index (χ3n) is 5.61. The van der Waals surface area contributed by atoms with Crippen molar-refractivity contribution >= 4 is 16.1 Å². The van der Waals surface area contributed by atoms with Gasteiger partial charge in [0.1, 0.15) is 0 Å². The molecule has 2 aliphatic rings. The highest BCUT2D eigenvalue weighted by molar-refractivity contribution is 7.86. The van der Waals surface area contributed by atoms with Crippen molar-refractivity contribution in [3.05, 3.63) is 29.6 Å².